The first-order valence-corrected chi connectivity index (χ1v) is 8.05. The average molecular weight is 376 g/mol. The van der Waals surface area contributed by atoms with E-state index in [1.807, 2.05) is 0 Å². The number of furan rings is 1. The third-order valence-electron chi connectivity index (χ3n) is 3.49. The normalized spacial score (nSPS) is 10.4. The molecule has 0 aliphatic heterocycles. The Morgan fingerprint density at radius 1 is 1.15 bits per heavy atom. The zero-order valence-corrected chi connectivity index (χ0v) is 14.5. The van der Waals surface area contributed by atoms with Gasteiger partial charge in [0.1, 0.15) is 29.7 Å². The van der Waals surface area contributed by atoms with Crippen molar-refractivity contribution in [3.63, 3.8) is 0 Å². The lowest BCUT2D eigenvalue weighted by atomic mass is 10.3. The molecule has 134 valence electrons. The van der Waals surface area contributed by atoms with Crippen LogP contribution in [-0.2, 0) is 6.61 Å². The summed E-state index contributed by atoms with van der Waals surface area (Å²) < 4.78 is 28.9. The van der Waals surface area contributed by atoms with Crippen LogP contribution < -0.4 is 14.8 Å². The molecule has 0 saturated heterocycles. The van der Waals surface area contributed by atoms with Crippen molar-refractivity contribution in [1.29, 1.82) is 0 Å². The summed E-state index contributed by atoms with van der Waals surface area (Å²) in [6.07, 6.45) is 0. The fourth-order valence-electron chi connectivity index (χ4n) is 2.20. The number of nitrogens with one attached hydrogen (secondary N) is 1. The third kappa shape index (κ3) is 4.34. The van der Waals surface area contributed by atoms with Crippen LogP contribution >= 0.6 is 11.6 Å². The smallest absolute Gasteiger partial charge is 0.291 e. The molecule has 3 aromatic rings. The molecule has 26 heavy (non-hydrogen) atoms. The van der Waals surface area contributed by atoms with E-state index in [1.165, 1.54) is 31.4 Å². The number of hydrogen-bond donors (Lipinski definition) is 1. The topological polar surface area (TPSA) is 60.7 Å². The number of carbonyl (C=O) groups excluding carboxylic acids is 1. The SMILES string of the molecule is COc1ccc(NC(=O)c2ccc(COc3ccc(F)cc3)o2)cc1Cl. The maximum absolute atomic E-state index is 12.9. The number of hydrogen-bond acceptors (Lipinski definition) is 4. The van der Waals surface area contributed by atoms with Gasteiger partial charge in [0, 0.05) is 5.69 Å². The van der Waals surface area contributed by atoms with Crippen molar-refractivity contribution in [1.82, 2.24) is 0 Å². The van der Waals surface area contributed by atoms with Gasteiger partial charge in [0.15, 0.2) is 5.76 Å². The Hall–Kier alpha value is -2.99. The molecule has 0 aliphatic carbocycles. The monoisotopic (exact) mass is 375 g/mol. The average Bonchev–Trinajstić information content (AvgIpc) is 3.11. The van der Waals surface area contributed by atoms with E-state index in [4.69, 9.17) is 25.5 Å². The highest BCUT2D eigenvalue weighted by Gasteiger charge is 2.13. The van der Waals surface area contributed by atoms with Crippen LogP contribution in [0.3, 0.4) is 0 Å². The predicted molar refractivity (Wildman–Crippen MR) is 95.4 cm³/mol. The van der Waals surface area contributed by atoms with Gasteiger partial charge in [-0.2, -0.15) is 0 Å². The number of benzene rings is 2. The zero-order chi connectivity index (χ0) is 18.5. The number of anilines is 1. The van der Waals surface area contributed by atoms with Gasteiger partial charge in [-0.15, -0.1) is 0 Å². The Bertz CT molecular complexity index is 908. The minimum Gasteiger partial charge on any atom is -0.495 e. The third-order valence-corrected chi connectivity index (χ3v) is 3.79. The number of methoxy groups -OCH3 is 1. The molecule has 0 atom stereocenters. The summed E-state index contributed by atoms with van der Waals surface area (Å²) in [7, 11) is 1.51. The van der Waals surface area contributed by atoms with Crippen molar-refractivity contribution in [2.45, 2.75) is 6.61 Å². The summed E-state index contributed by atoms with van der Waals surface area (Å²) in [5.41, 5.74) is 0.515. The van der Waals surface area contributed by atoms with E-state index in [0.29, 0.717) is 28.0 Å². The van der Waals surface area contributed by atoms with Crippen LogP contribution in [0.2, 0.25) is 5.02 Å². The van der Waals surface area contributed by atoms with Crippen LogP contribution in [0.5, 0.6) is 11.5 Å². The van der Waals surface area contributed by atoms with Gasteiger partial charge in [0.2, 0.25) is 0 Å². The van der Waals surface area contributed by atoms with E-state index in [2.05, 4.69) is 5.32 Å². The Kier molecular flexibility index (Phi) is 5.43. The molecule has 3 rings (SSSR count). The van der Waals surface area contributed by atoms with Crippen LogP contribution in [0, 0.1) is 5.82 Å². The van der Waals surface area contributed by atoms with Gasteiger partial charge < -0.3 is 19.2 Å². The highest BCUT2D eigenvalue weighted by atomic mass is 35.5. The minimum absolute atomic E-state index is 0.118. The van der Waals surface area contributed by atoms with Gasteiger partial charge in [-0.1, -0.05) is 11.6 Å². The molecule has 0 aliphatic rings. The van der Waals surface area contributed by atoms with E-state index in [0.717, 1.165) is 0 Å². The standard InChI is InChI=1S/C19H15ClFNO4/c1-24-17-8-4-13(10-16(17)20)22-19(23)18-9-7-15(26-18)11-25-14-5-2-12(21)3-6-14/h2-10H,11H2,1H3,(H,22,23). The summed E-state index contributed by atoms with van der Waals surface area (Å²) in [5, 5.41) is 3.08. The first-order valence-electron chi connectivity index (χ1n) is 7.67. The summed E-state index contributed by atoms with van der Waals surface area (Å²) >= 11 is 6.03. The van der Waals surface area contributed by atoms with Crippen LogP contribution in [0.4, 0.5) is 10.1 Å². The number of carbonyl (C=O) groups is 1. The quantitative estimate of drug-likeness (QED) is 0.664. The molecule has 0 spiro atoms. The van der Waals surface area contributed by atoms with Gasteiger partial charge in [-0.25, -0.2) is 4.39 Å². The summed E-state index contributed by atoms with van der Waals surface area (Å²) in [6.45, 7) is 0.118. The van der Waals surface area contributed by atoms with Crippen molar-refractivity contribution >= 4 is 23.2 Å². The fourth-order valence-corrected chi connectivity index (χ4v) is 2.46. The van der Waals surface area contributed by atoms with Crippen LogP contribution in [0.25, 0.3) is 0 Å². The lowest BCUT2D eigenvalue weighted by Crippen LogP contribution is -2.10. The molecule has 0 radical (unpaired) electrons. The predicted octanol–water partition coefficient (Wildman–Crippen LogP) is 4.91. The molecule has 1 heterocycles. The molecule has 0 bridgehead atoms. The molecule has 0 saturated carbocycles. The van der Waals surface area contributed by atoms with Crippen molar-refractivity contribution in [2.24, 2.45) is 0 Å². The number of halogens is 2. The summed E-state index contributed by atoms with van der Waals surface area (Å²) in [6, 6.07) is 13.7. The maximum atomic E-state index is 12.9. The van der Waals surface area contributed by atoms with E-state index in [9.17, 15) is 9.18 Å². The van der Waals surface area contributed by atoms with E-state index in [1.54, 1.807) is 30.3 Å². The second kappa shape index (κ2) is 7.93. The molecule has 5 nitrogen and oxygen atoms in total. The lowest BCUT2D eigenvalue weighted by molar-refractivity contribution is 0.0992. The molecule has 1 aromatic heterocycles. The van der Waals surface area contributed by atoms with Crippen molar-refractivity contribution in [3.05, 3.63) is 77.0 Å². The fraction of sp³-hybridized carbons (Fsp3) is 0.105. The molecule has 2 aromatic carbocycles. The Labute approximate surface area is 154 Å². The first-order chi connectivity index (χ1) is 12.5. The molecule has 1 N–H and O–H groups in total. The number of rotatable bonds is 6. The van der Waals surface area contributed by atoms with Crippen LogP contribution in [0.1, 0.15) is 16.3 Å². The zero-order valence-electron chi connectivity index (χ0n) is 13.8. The largest absolute Gasteiger partial charge is 0.495 e. The Morgan fingerprint density at radius 3 is 2.62 bits per heavy atom. The van der Waals surface area contributed by atoms with E-state index >= 15 is 0 Å². The number of ether oxygens (including phenoxy) is 2. The molecule has 7 heteroatoms. The molecular weight excluding hydrogens is 361 g/mol. The van der Waals surface area contributed by atoms with Crippen molar-refractivity contribution < 1.29 is 23.1 Å². The second-order valence-electron chi connectivity index (χ2n) is 5.31. The first kappa shape index (κ1) is 17.8. The van der Waals surface area contributed by atoms with Gasteiger partial charge in [-0.05, 0) is 54.6 Å². The van der Waals surface area contributed by atoms with E-state index < -0.39 is 5.91 Å². The molecule has 1 amide bonds. The van der Waals surface area contributed by atoms with E-state index in [-0.39, 0.29) is 18.2 Å². The highest BCUT2D eigenvalue weighted by Crippen LogP contribution is 2.27. The second-order valence-corrected chi connectivity index (χ2v) is 5.72. The van der Waals surface area contributed by atoms with Gasteiger partial charge >= 0.3 is 0 Å². The summed E-state index contributed by atoms with van der Waals surface area (Å²) in [5.74, 6) is 0.860. The maximum Gasteiger partial charge on any atom is 0.291 e. The van der Waals surface area contributed by atoms with Gasteiger partial charge in [-0.3, -0.25) is 4.79 Å². The van der Waals surface area contributed by atoms with Crippen molar-refractivity contribution in [3.8, 4) is 11.5 Å². The lowest BCUT2D eigenvalue weighted by Gasteiger charge is -2.07. The Morgan fingerprint density at radius 2 is 1.92 bits per heavy atom. The summed E-state index contributed by atoms with van der Waals surface area (Å²) in [4.78, 5) is 12.2. The Balaban J connectivity index is 1.60. The molecule has 0 fully saturated rings. The van der Waals surface area contributed by atoms with Crippen LogP contribution in [-0.4, -0.2) is 13.0 Å². The highest BCUT2D eigenvalue weighted by molar-refractivity contribution is 6.32. The van der Waals surface area contributed by atoms with Crippen molar-refractivity contribution in [2.75, 3.05) is 12.4 Å². The van der Waals surface area contributed by atoms with Gasteiger partial charge in [0.05, 0.1) is 12.1 Å². The molecular formula is C19H15ClFNO4. The van der Waals surface area contributed by atoms with Crippen LogP contribution in [0.15, 0.2) is 59.0 Å². The molecule has 0 unspecified atom stereocenters. The minimum atomic E-state index is -0.417. The number of amides is 1. The van der Waals surface area contributed by atoms with Gasteiger partial charge in [0.25, 0.3) is 5.91 Å².